The molecule has 0 amide bonds. The second-order valence-electron chi connectivity index (χ2n) is 5.71. The lowest BCUT2D eigenvalue weighted by molar-refractivity contribution is 0.0696. The number of anilines is 2. The first-order valence-electron chi connectivity index (χ1n) is 7.68. The van der Waals surface area contributed by atoms with Crippen molar-refractivity contribution in [3.8, 4) is 17.0 Å². The second-order valence-corrected chi connectivity index (χ2v) is 5.71. The Balaban J connectivity index is 1.93. The monoisotopic (exact) mass is 335 g/mol. The van der Waals surface area contributed by atoms with Gasteiger partial charge >= 0.3 is 5.97 Å². The Morgan fingerprint density at radius 1 is 1.00 bits per heavy atom. The standard InChI is InChI=1S/C19H17N3O3/c1-11-3-5-13(6-4-11)16-10-18(21-12(2)20-16)22-15-8-7-14(19(24)25)9-17(15)23/h3-10,23H,1-2H3,(H,24,25)(H,20,21,22). The van der Waals surface area contributed by atoms with Crippen LogP contribution in [0.1, 0.15) is 21.7 Å². The topological polar surface area (TPSA) is 95.3 Å². The molecule has 0 atom stereocenters. The van der Waals surface area contributed by atoms with E-state index in [-0.39, 0.29) is 11.3 Å². The van der Waals surface area contributed by atoms with Crippen LogP contribution in [0.5, 0.6) is 5.75 Å². The molecule has 0 radical (unpaired) electrons. The molecule has 6 heteroatoms. The van der Waals surface area contributed by atoms with Crippen molar-refractivity contribution in [2.45, 2.75) is 13.8 Å². The van der Waals surface area contributed by atoms with Gasteiger partial charge in [-0.3, -0.25) is 0 Å². The summed E-state index contributed by atoms with van der Waals surface area (Å²) in [6.07, 6.45) is 0. The molecule has 3 N–H and O–H groups in total. The Kier molecular flexibility index (Phi) is 4.35. The molecular formula is C19H17N3O3. The third-order valence-corrected chi connectivity index (χ3v) is 3.69. The van der Waals surface area contributed by atoms with Crippen molar-refractivity contribution in [2.24, 2.45) is 0 Å². The first-order chi connectivity index (χ1) is 11.9. The summed E-state index contributed by atoms with van der Waals surface area (Å²) in [5.74, 6) is -0.155. The number of hydrogen-bond donors (Lipinski definition) is 3. The van der Waals surface area contributed by atoms with Gasteiger partial charge in [0.05, 0.1) is 16.9 Å². The third kappa shape index (κ3) is 3.74. The van der Waals surface area contributed by atoms with Gasteiger partial charge in [-0.2, -0.15) is 0 Å². The summed E-state index contributed by atoms with van der Waals surface area (Å²) in [4.78, 5) is 19.7. The molecule has 0 spiro atoms. The summed E-state index contributed by atoms with van der Waals surface area (Å²) >= 11 is 0. The van der Waals surface area contributed by atoms with Gasteiger partial charge < -0.3 is 15.5 Å². The summed E-state index contributed by atoms with van der Waals surface area (Å²) < 4.78 is 0. The van der Waals surface area contributed by atoms with Gasteiger partial charge in [-0.1, -0.05) is 29.8 Å². The molecule has 0 aliphatic rings. The van der Waals surface area contributed by atoms with E-state index in [1.807, 2.05) is 31.2 Å². The van der Waals surface area contributed by atoms with E-state index in [9.17, 15) is 9.90 Å². The third-order valence-electron chi connectivity index (χ3n) is 3.69. The number of carboxylic acids is 1. The van der Waals surface area contributed by atoms with Crippen LogP contribution in [0.2, 0.25) is 0 Å². The van der Waals surface area contributed by atoms with Crippen LogP contribution in [0.3, 0.4) is 0 Å². The zero-order chi connectivity index (χ0) is 18.0. The Bertz CT molecular complexity index is 937. The first-order valence-corrected chi connectivity index (χ1v) is 7.68. The highest BCUT2D eigenvalue weighted by Crippen LogP contribution is 2.28. The van der Waals surface area contributed by atoms with Gasteiger partial charge in [-0.25, -0.2) is 14.8 Å². The summed E-state index contributed by atoms with van der Waals surface area (Å²) in [6, 6.07) is 13.9. The molecule has 3 aromatic rings. The van der Waals surface area contributed by atoms with Gasteiger partial charge in [-0.15, -0.1) is 0 Å². The van der Waals surface area contributed by atoms with Crippen molar-refractivity contribution in [3.63, 3.8) is 0 Å². The van der Waals surface area contributed by atoms with Gasteiger partial charge in [0.25, 0.3) is 0 Å². The number of aromatic hydroxyl groups is 1. The zero-order valence-electron chi connectivity index (χ0n) is 13.8. The zero-order valence-corrected chi connectivity index (χ0v) is 13.8. The van der Waals surface area contributed by atoms with E-state index in [1.54, 1.807) is 13.0 Å². The van der Waals surface area contributed by atoms with Crippen LogP contribution in [0.15, 0.2) is 48.5 Å². The molecule has 25 heavy (non-hydrogen) atoms. The number of carbonyl (C=O) groups is 1. The van der Waals surface area contributed by atoms with E-state index in [0.717, 1.165) is 16.8 Å². The van der Waals surface area contributed by atoms with Gasteiger partial charge in [0.1, 0.15) is 17.4 Å². The number of benzene rings is 2. The van der Waals surface area contributed by atoms with Gasteiger partial charge in [-0.05, 0) is 32.0 Å². The first kappa shape index (κ1) is 16.4. The highest BCUT2D eigenvalue weighted by atomic mass is 16.4. The Morgan fingerprint density at radius 2 is 1.72 bits per heavy atom. The molecule has 0 aliphatic heterocycles. The van der Waals surface area contributed by atoms with Crippen LogP contribution in [-0.4, -0.2) is 26.2 Å². The van der Waals surface area contributed by atoms with Crippen LogP contribution < -0.4 is 5.32 Å². The fourth-order valence-electron chi connectivity index (χ4n) is 2.41. The smallest absolute Gasteiger partial charge is 0.335 e. The number of phenolic OH excluding ortho intramolecular Hbond substituents is 1. The average Bonchev–Trinajstić information content (AvgIpc) is 2.56. The lowest BCUT2D eigenvalue weighted by Gasteiger charge is -2.11. The summed E-state index contributed by atoms with van der Waals surface area (Å²) in [5.41, 5.74) is 3.28. The minimum atomic E-state index is -1.10. The van der Waals surface area contributed by atoms with E-state index in [4.69, 9.17) is 5.11 Å². The minimum absolute atomic E-state index is 0.0160. The van der Waals surface area contributed by atoms with Crippen LogP contribution in [0.25, 0.3) is 11.3 Å². The fraction of sp³-hybridized carbons (Fsp3) is 0.105. The van der Waals surface area contributed by atoms with Crippen LogP contribution in [-0.2, 0) is 0 Å². The molecule has 1 aromatic heterocycles. The summed E-state index contributed by atoms with van der Waals surface area (Å²) in [7, 11) is 0. The minimum Gasteiger partial charge on any atom is -0.506 e. The number of carboxylic acid groups (broad SMARTS) is 1. The molecule has 1 heterocycles. The van der Waals surface area contributed by atoms with Crippen molar-refractivity contribution in [2.75, 3.05) is 5.32 Å². The highest BCUT2D eigenvalue weighted by Gasteiger charge is 2.10. The van der Waals surface area contributed by atoms with E-state index < -0.39 is 5.97 Å². The SMILES string of the molecule is Cc1ccc(-c2cc(Nc3ccc(C(=O)O)cc3O)nc(C)n2)cc1. The molecule has 0 unspecified atom stereocenters. The normalized spacial score (nSPS) is 10.5. The number of nitrogens with one attached hydrogen (secondary N) is 1. The van der Waals surface area contributed by atoms with Crippen molar-refractivity contribution in [3.05, 3.63) is 65.5 Å². The van der Waals surface area contributed by atoms with Crippen molar-refractivity contribution >= 4 is 17.5 Å². The maximum absolute atomic E-state index is 10.9. The molecule has 0 fully saturated rings. The summed E-state index contributed by atoms with van der Waals surface area (Å²) in [6.45, 7) is 3.81. The number of rotatable bonds is 4. The number of aryl methyl sites for hydroxylation is 2. The molecular weight excluding hydrogens is 318 g/mol. The van der Waals surface area contributed by atoms with E-state index in [2.05, 4.69) is 15.3 Å². The Morgan fingerprint density at radius 3 is 2.36 bits per heavy atom. The average molecular weight is 335 g/mol. The van der Waals surface area contributed by atoms with Gasteiger partial charge in [0.15, 0.2) is 0 Å². The summed E-state index contributed by atoms with van der Waals surface area (Å²) in [5, 5.41) is 22.0. The van der Waals surface area contributed by atoms with E-state index in [0.29, 0.717) is 17.3 Å². The van der Waals surface area contributed by atoms with Gasteiger partial charge in [0, 0.05) is 11.6 Å². The number of hydrogen-bond acceptors (Lipinski definition) is 5. The largest absolute Gasteiger partial charge is 0.506 e. The van der Waals surface area contributed by atoms with Gasteiger partial charge in [0.2, 0.25) is 0 Å². The highest BCUT2D eigenvalue weighted by molar-refractivity contribution is 5.89. The second kappa shape index (κ2) is 6.60. The fourth-order valence-corrected chi connectivity index (χ4v) is 2.41. The van der Waals surface area contributed by atoms with Crippen molar-refractivity contribution < 1.29 is 15.0 Å². The number of phenols is 1. The Labute approximate surface area is 144 Å². The molecule has 6 nitrogen and oxygen atoms in total. The maximum atomic E-state index is 10.9. The number of nitrogens with zero attached hydrogens (tertiary/aromatic N) is 2. The lowest BCUT2D eigenvalue weighted by atomic mass is 10.1. The molecule has 3 rings (SSSR count). The predicted molar refractivity (Wildman–Crippen MR) is 95.3 cm³/mol. The maximum Gasteiger partial charge on any atom is 0.335 e. The molecule has 0 bridgehead atoms. The van der Waals surface area contributed by atoms with E-state index in [1.165, 1.54) is 18.2 Å². The van der Waals surface area contributed by atoms with Crippen LogP contribution in [0.4, 0.5) is 11.5 Å². The molecule has 0 saturated heterocycles. The van der Waals surface area contributed by atoms with Crippen molar-refractivity contribution in [1.29, 1.82) is 0 Å². The predicted octanol–water partition coefficient (Wildman–Crippen LogP) is 3.91. The Hall–Kier alpha value is -3.41. The molecule has 126 valence electrons. The van der Waals surface area contributed by atoms with Crippen molar-refractivity contribution in [1.82, 2.24) is 9.97 Å². The number of aromatic nitrogens is 2. The van der Waals surface area contributed by atoms with Crippen LogP contribution in [0, 0.1) is 13.8 Å². The molecule has 0 saturated carbocycles. The quantitative estimate of drug-likeness (QED) is 0.626. The number of aromatic carboxylic acids is 1. The molecule has 2 aromatic carbocycles. The van der Waals surface area contributed by atoms with Crippen LogP contribution >= 0.6 is 0 Å². The lowest BCUT2D eigenvalue weighted by Crippen LogP contribution is -2.01. The molecule has 0 aliphatic carbocycles. The van der Waals surface area contributed by atoms with E-state index >= 15 is 0 Å².